The van der Waals surface area contributed by atoms with Gasteiger partial charge in [0.2, 0.25) is 12.2 Å². The molecular formula is C29H31NO16. The Balaban J connectivity index is 1.40. The van der Waals surface area contributed by atoms with Crippen molar-refractivity contribution in [2.45, 2.75) is 80.0 Å². The number of aliphatic carboxylic acids is 3. The number of hydrogen-bond acceptors (Lipinski definition) is 14. The van der Waals surface area contributed by atoms with E-state index in [1.54, 1.807) is 6.07 Å². The number of ether oxygens (including phenoxy) is 4. The van der Waals surface area contributed by atoms with Crippen LogP contribution in [0.15, 0.2) is 24.0 Å². The molecule has 6 N–H and O–H groups in total. The molecule has 1 saturated heterocycles. The van der Waals surface area contributed by atoms with Crippen molar-refractivity contribution >= 4 is 35.8 Å². The number of carbonyl (C=O) groups excluding carboxylic acids is 3. The molecule has 0 unspecified atom stereocenters. The van der Waals surface area contributed by atoms with Crippen LogP contribution in [0.2, 0.25) is 0 Å². The molecule has 0 saturated carbocycles. The molecule has 1 fully saturated rings. The summed E-state index contributed by atoms with van der Waals surface area (Å²) in [6.45, 7) is 0.537. The number of carbonyl (C=O) groups is 6. The molecule has 2 heterocycles. The van der Waals surface area contributed by atoms with E-state index in [0.717, 1.165) is 5.56 Å². The Hall–Kier alpha value is -4.74. The Bertz CT molecular complexity index is 1540. The van der Waals surface area contributed by atoms with Crippen LogP contribution in [-0.2, 0) is 54.8 Å². The first kappa shape index (κ1) is 32.6. The minimum absolute atomic E-state index is 0.0159. The van der Waals surface area contributed by atoms with Gasteiger partial charge in [0.1, 0.15) is 5.76 Å². The first-order chi connectivity index (χ1) is 21.6. The fourth-order valence-corrected chi connectivity index (χ4v) is 6.94. The van der Waals surface area contributed by atoms with Crippen molar-refractivity contribution in [2.75, 3.05) is 13.6 Å². The fourth-order valence-electron chi connectivity index (χ4n) is 6.94. The summed E-state index contributed by atoms with van der Waals surface area (Å²) in [6, 6.07) is 2.88. The number of carboxylic acids is 3. The van der Waals surface area contributed by atoms with Crippen molar-refractivity contribution in [3.63, 3.8) is 0 Å². The van der Waals surface area contributed by atoms with E-state index in [1.807, 2.05) is 11.9 Å². The Morgan fingerprint density at radius 2 is 1.72 bits per heavy atom. The number of likely N-dealkylation sites (tertiary alicyclic amines) is 1. The van der Waals surface area contributed by atoms with E-state index in [-0.39, 0.29) is 29.7 Å². The van der Waals surface area contributed by atoms with Crippen molar-refractivity contribution in [3.05, 3.63) is 35.1 Å². The molecule has 17 heteroatoms. The zero-order valence-corrected chi connectivity index (χ0v) is 24.3. The number of rotatable bonds is 12. The third-order valence-electron chi connectivity index (χ3n) is 9.01. The number of carboxylic acid groups (broad SMARTS) is 3. The number of nitrogens with zero attached hydrogens (tertiary/aromatic N) is 1. The predicted octanol–water partition coefficient (Wildman–Crippen LogP) is -1.18. The second-order valence-electron chi connectivity index (χ2n) is 11.7. The lowest BCUT2D eigenvalue weighted by Crippen LogP contribution is -2.74. The molecule has 0 amide bonds. The van der Waals surface area contributed by atoms with Gasteiger partial charge in [-0.1, -0.05) is 6.07 Å². The molecule has 4 aliphatic rings. The van der Waals surface area contributed by atoms with E-state index in [0.29, 0.717) is 24.9 Å². The first-order valence-electron chi connectivity index (χ1n) is 14.2. The summed E-state index contributed by atoms with van der Waals surface area (Å²) in [5.41, 5.74) is -1.05. The molecule has 1 spiro atoms. The molecule has 17 nitrogen and oxygen atoms in total. The molecular weight excluding hydrogens is 618 g/mol. The molecule has 1 aromatic rings. The maximum atomic E-state index is 13.2. The Morgan fingerprint density at radius 1 is 1.00 bits per heavy atom. The van der Waals surface area contributed by atoms with Crippen LogP contribution >= 0.6 is 0 Å². The monoisotopic (exact) mass is 649 g/mol. The Labute approximate surface area is 259 Å². The number of likely N-dealkylation sites (N-methyl/N-ethyl adjacent to an activating group) is 1. The van der Waals surface area contributed by atoms with Crippen molar-refractivity contribution in [1.29, 1.82) is 0 Å². The van der Waals surface area contributed by atoms with Crippen LogP contribution in [0, 0.1) is 0 Å². The van der Waals surface area contributed by atoms with Crippen molar-refractivity contribution in [1.82, 2.24) is 4.90 Å². The summed E-state index contributed by atoms with van der Waals surface area (Å²) in [5, 5.41) is 59.4. The van der Waals surface area contributed by atoms with Gasteiger partial charge in [-0.05, 0) is 44.1 Å². The number of aliphatic hydroxyl groups is 2. The van der Waals surface area contributed by atoms with Gasteiger partial charge in [-0.2, -0.15) is 0 Å². The highest BCUT2D eigenvalue weighted by Crippen LogP contribution is 2.65. The SMILES string of the molecule is CN1CC[C@]23c4c5ccc(O)c4O[C@H]2C(OC(=O)C[C@H](OC(=O)C[C@H](O)C(=O)O)C(=O)O[C@H](CC(=O)O)C(=O)O)=CC[C@@]3(O)[C@H]1C5. The predicted molar refractivity (Wildman–Crippen MR) is 145 cm³/mol. The second-order valence-corrected chi connectivity index (χ2v) is 11.7. The lowest BCUT2D eigenvalue weighted by molar-refractivity contribution is -0.182. The molecule has 2 aliphatic carbocycles. The molecule has 2 bridgehead atoms. The number of hydrogen-bond donors (Lipinski definition) is 6. The van der Waals surface area contributed by atoms with Crippen molar-refractivity contribution in [3.8, 4) is 11.5 Å². The number of phenols is 1. The van der Waals surface area contributed by atoms with Gasteiger partial charge in [-0.15, -0.1) is 0 Å². The van der Waals surface area contributed by atoms with E-state index in [1.165, 1.54) is 12.1 Å². The topological polar surface area (TPSA) is 264 Å². The van der Waals surface area contributed by atoms with Crippen LogP contribution in [0.1, 0.15) is 43.2 Å². The van der Waals surface area contributed by atoms with E-state index in [2.05, 4.69) is 4.74 Å². The van der Waals surface area contributed by atoms with Gasteiger partial charge < -0.3 is 54.5 Å². The maximum Gasteiger partial charge on any atom is 0.348 e. The average Bonchev–Trinajstić information content (AvgIpc) is 3.33. The first-order valence-corrected chi connectivity index (χ1v) is 14.2. The highest BCUT2D eigenvalue weighted by atomic mass is 16.6. The van der Waals surface area contributed by atoms with Crippen LogP contribution in [0.5, 0.6) is 11.5 Å². The summed E-state index contributed by atoms with van der Waals surface area (Å²) in [7, 11) is 1.88. The molecule has 248 valence electrons. The van der Waals surface area contributed by atoms with E-state index in [4.69, 9.17) is 24.4 Å². The fraction of sp³-hybridized carbons (Fsp3) is 0.517. The number of aliphatic hydroxyl groups excluding tert-OH is 1. The van der Waals surface area contributed by atoms with Crippen LogP contribution in [0.4, 0.5) is 0 Å². The van der Waals surface area contributed by atoms with E-state index < -0.39 is 90.5 Å². The van der Waals surface area contributed by atoms with Gasteiger partial charge in [0.25, 0.3) is 0 Å². The third kappa shape index (κ3) is 5.39. The summed E-state index contributed by atoms with van der Waals surface area (Å²) in [6.07, 6.45) is -8.96. The molecule has 46 heavy (non-hydrogen) atoms. The summed E-state index contributed by atoms with van der Waals surface area (Å²) in [5.74, 6) is -9.77. The second kappa shape index (κ2) is 11.9. The normalized spacial score (nSPS) is 27.5. The molecule has 1 aromatic carbocycles. The minimum Gasteiger partial charge on any atom is -0.504 e. The van der Waals surface area contributed by atoms with Crippen LogP contribution < -0.4 is 4.74 Å². The zero-order chi connectivity index (χ0) is 33.7. The quantitative estimate of drug-likeness (QED) is 0.115. The van der Waals surface area contributed by atoms with Gasteiger partial charge >= 0.3 is 35.8 Å². The largest absolute Gasteiger partial charge is 0.504 e. The van der Waals surface area contributed by atoms with Gasteiger partial charge in [0.05, 0.1) is 30.3 Å². The summed E-state index contributed by atoms with van der Waals surface area (Å²) < 4.78 is 21.3. The van der Waals surface area contributed by atoms with Gasteiger partial charge in [-0.25, -0.2) is 14.4 Å². The third-order valence-corrected chi connectivity index (χ3v) is 9.01. The lowest BCUT2D eigenvalue weighted by Gasteiger charge is -2.61. The number of phenolic OH excluding ortho intramolecular Hbond substituents is 1. The molecule has 5 rings (SSSR count). The highest BCUT2D eigenvalue weighted by Gasteiger charge is 2.72. The van der Waals surface area contributed by atoms with Crippen LogP contribution in [-0.4, -0.2) is 121 Å². The summed E-state index contributed by atoms with van der Waals surface area (Å²) >= 11 is 0. The average molecular weight is 650 g/mol. The molecule has 0 radical (unpaired) electrons. The smallest absolute Gasteiger partial charge is 0.348 e. The van der Waals surface area contributed by atoms with E-state index in [9.17, 15) is 49.2 Å². The van der Waals surface area contributed by atoms with Gasteiger partial charge in [-0.3, -0.25) is 14.4 Å². The van der Waals surface area contributed by atoms with Gasteiger partial charge in [0.15, 0.2) is 23.7 Å². The van der Waals surface area contributed by atoms with Crippen LogP contribution in [0.25, 0.3) is 0 Å². The number of piperidine rings is 1. The van der Waals surface area contributed by atoms with Crippen LogP contribution in [0.3, 0.4) is 0 Å². The minimum atomic E-state index is -2.24. The Kier molecular flexibility index (Phi) is 8.43. The number of esters is 3. The summed E-state index contributed by atoms with van der Waals surface area (Å²) in [4.78, 5) is 73.8. The zero-order valence-electron chi connectivity index (χ0n) is 24.3. The van der Waals surface area contributed by atoms with Crippen molar-refractivity contribution < 1.29 is 78.4 Å². The number of aromatic hydroxyl groups is 1. The van der Waals surface area contributed by atoms with Gasteiger partial charge in [0, 0.05) is 18.0 Å². The maximum absolute atomic E-state index is 13.2. The standard InChI is InChI=1S/C29H31NO16/c1-30-7-6-28-22-12-2-3-13(31)23(22)46-24(28)15(4-5-29(28,42)18(30)8-12)43-21(36)11-17(44-20(35)9-14(32)25(37)38)27(41)45-16(26(39)40)10-19(33)34/h2-4,14,16-18,24,31-32,42H,5-11H2,1H3,(H,33,34)(H,37,38)(H,39,40)/t14-,16+,17-,18+,24-,28-,29+/m0/s1. The van der Waals surface area contributed by atoms with Crippen molar-refractivity contribution in [2.24, 2.45) is 0 Å². The van der Waals surface area contributed by atoms with E-state index >= 15 is 0 Å². The molecule has 7 atom stereocenters. The lowest BCUT2D eigenvalue weighted by atomic mass is 9.50. The number of benzene rings is 1. The molecule has 0 aromatic heterocycles. The molecule has 2 aliphatic heterocycles. The Morgan fingerprint density at radius 3 is 2.37 bits per heavy atom. The highest BCUT2D eigenvalue weighted by molar-refractivity contribution is 5.88.